The van der Waals surface area contributed by atoms with Crippen molar-refractivity contribution in [2.75, 3.05) is 52.5 Å². The minimum Gasteiger partial charge on any atom is -0.378 e. The third kappa shape index (κ3) is 4.00. The predicted molar refractivity (Wildman–Crippen MR) is 102 cm³/mol. The number of carbonyl (C=O) groups excluding carboxylic acids is 1. The number of likely N-dealkylation sites (tertiary alicyclic amines) is 1. The molecule has 0 bridgehead atoms. The lowest BCUT2D eigenvalue weighted by molar-refractivity contribution is -0.140. The topological polar surface area (TPSA) is 57.2 Å². The van der Waals surface area contributed by atoms with E-state index in [0.717, 1.165) is 64.0 Å². The average molecular weight is 363 g/mol. The van der Waals surface area contributed by atoms with Gasteiger partial charge in [-0.05, 0) is 56.8 Å². The van der Waals surface area contributed by atoms with Crippen LogP contribution in [-0.4, -0.2) is 74.1 Å². The molecule has 2 saturated carbocycles. The Balaban J connectivity index is 1.30. The summed E-state index contributed by atoms with van der Waals surface area (Å²) >= 11 is 0. The molecule has 146 valence electrons. The Morgan fingerprint density at radius 1 is 1.08 bits per heavy atom. The number of guanidine groups is 1. The Morgan fingerprint density at radius 3 is 2.35 bits per heavy atom. The fourth-order valence-electron chi connectivity index (χ4n) is 4.59. The van der Waals surface area contributed by atoms with Crippen LogP contribution in [0.1, 0.15) is 45.4 Å². The first kappa shape index (κ1) is 18.1. The number of carbonyl (C=O) groups is 1. The van der Waals surface area contributed by atoms with Crippen LogP contribution in [0.15, 0.2) is 4.99 Å². The predicted octanol–water partition coefficient (Wildman–Crippen LogP) is 1.71. The van der Waals surface area contributed by atoms with Crippen LogP contribution in [0, 0.1) is 17.3 Å². The SMILES string of the molecule is CCNC(=NCC1(C2CC2)CC1)N1CCC(C(=O)N2CCOCC2)CC1. The van der Waals surface area contributed by atoms with Gasteiger partial charge in [0.1, 0.15) is 0 Å². The first-order chi connectivity index (χ1) is 12.7. The van der Waals surface area contributed by atoms with E-state index >= 15 is 0 Å². The molecule has 4 fully saturated rings. The summed E-state index contributed by atoms with van der Waals surface area (Å²) in [5.74, 6) is 2.52. The van der Waals surface area contributed by atoms with Crippen molar-refractivity contribution in [1.82, 2.24) is 15.1 Å². The maximum atomic E-state index is 12.7. The van der Waals surface area contributed by atoms with Gasteiger partial charge in [0.05, 0.1) is 13.2 Å². The molecule has 1 N–H and O–H groups in total. The number of amides is 1. The number of nitrogens with zero attached hydrogens (tertiary/aromatic N) is 3. The minimum absolute atomic E-state index is 0.175. The van der Waals surface area contributed by atoms with Gasteiger partial charge < -0.3 is 19.9 Å². The highest BCUT2D eigenvalue weighted by Crippen LogP contribution is 2.61. The van der Waals surface area contributed by atoms with Crippen molar-refractivity contribution in [2.45, 2.75) is 45.4 Å². The third-order valence-electron chi connectivity index (χ3n) is 6.68. The van der Waals surface area contributed by atoms with Crippen molar-refractivity contribution in [3.8, 4) is 0 Å². The Morgan fingerprint density at radius 2 is 1.77 bits per heavy atom. The molecule has 0 unspecified atom stereocenters. The van der Waals surface area contributed by atoms with E-state index in [1.807, 2.05) is 4.90 Å². The Kier molecular flexibility index (Phi) is 5.39. The highest BCUT2D eigenvalue weighted by Gasteiger charge is 2.53. The lowest BCUT2D eigenvalue weighted by Crippen LogP contribution is -2.50. The van der Waals surface area contributed by atoms with Crippen molar-refractivity contribution in [1.29, 1.82) is 0 Å². The Hall–Kier alpha value is -1.30. The van der Waals surface area contributed by atoms with Crippen LogP contribution in [0.4, 0.5) is 0 Å². The number of nitrogens with one attached hydrogen (secondary N) is 1. The van der Waals surface area contributed by atoms with E-state index in [4.69, 9.17) is 9.73 Å². The molecule has 6 nitrogen and oxygen atoms in total. The molecule has 0 atom stereocenters. The van der Waals surface area contributed by atoms with E-state index in [1.165, 1.54) is 25.7 Å². The Bertz CT molecular complexity index is 528. The van der Waals surface area contributed by atoms with Crippen LogP contribution < -0.4 is 5.32 Å². The molecule has 2 heterocycles. The molecule has 26 heavy (non-hydrogen) atoms. The van der Waals surface area contributed by atoms with Crippen molar-refractivity contribution in [2.24, 2.45) is 22.2 Å². The monoisotopic (exact) mass is 362 g/mol. The molecular weight excluding hydrogens is 328 g/mol. The fraction of sp³-hybridized carbons (Fsp3) is 0.900. The first-order valence-corrected chi connectivity index (χ1v) is 10.6. The second kappa shape index (κ2) is 7.75. The maximum Gasteiger partial charge on any atom is 0.225 e. The van der Waals surface area contributed by atoms with Gasteiger partial charge in [-0.25, -0.2) is 0 Å². The highest BCUT2D eigenvalue weighted by atomic mass is 16.5. The van der Waals surface area contributed by atoms with Crippen molar-refractivity contribution in [3.05, 3.63) is 0 Å². The summed E-state index contributed by atoms with van der Waals surface area (Å²) in [6.45, 7) is 8.78. The van der Waals surface area contributed by atoms with Gasteiger partial charge in [0.15, 0.2) is 5.96 Å². The summed E-state index contributed by atoms with van der Waals surface area (Å²) in [4.78, 5) is 22.1. The van der Waals surface area contributed by atoms with Gasteiger partial charge in [-0.1, -0.05) is 0 Å². The molecule has 0 spiro atoms. The molecule has 2 aliphatic carbocycles. The smallest absolute Gasteiger partial charge is 0.225 e. The van der Waals surface area contributed by atoms with E-state index in [9.17, 15) is 4.79 Å². The number of aliphatic imine (C=N–C) groups is 1. The summed E-state index contributed by atoms with van der Waals surface area (Å²) in [5, 5.41) is 3.48. The molecule has 2 aliphatic heterocycles. The van der Waals surface area contributed by atoms with Gasteiger partial charge in [0.2, 0.25) is 5.91 Å². The van der Waals surface area contributed by atoms with E-state index in [0.29, 0.717) is 24.5 Å². The van der Waals surface area contributed by atoms with E-state index in [1.54, 1.807) is 0 Å². The highest BCUT2D eigenvalue weighted by molar-refractivity contribution is 5.82. The summed E-state index contributed by atoms with van der Waals surface area (Å²) in [6.07, 6.45) is 7.46. The second-order valence-corrected chi connectivity index (χ2v) is 8.51. The van der Waals surface area contributed by atoms with Crippen LogP contribution in [0.25, 0.3) is 0 Å². The van der Waals surface area contributed by atoms with Gasteiger partial charge in [-0.15, -0.1) is 0 Å². The van der Waals surface area contributed by atoms with Gasteiger partial charge in [0.25, 0.3) is 0 Å². The molecule has 2 saturated heterocycles. The molecule has 0 aromatic carbocycles. The standard InChI is InChI=1S/C20H34N4O2/c1-2-21-19(22-15-20(7-8-20)17-3-4-17)24-9-5-16(6-10-24)18(25)23-11-13-26-14-12-23/h16-17H,2-15H2,1H3,(H,21,22). The van der Waals surface area contributed by atoms with Gasteiger partial charge in [0, 0.05) is 45.2 Å². The van der Waals surface area contributed by atoms with Crippen LogP contribution in [0.2, 0.25) is 0 Å². The zero-order chi connectivity index (χ0) is 18.0. The summed E-state index contributed by atoms with van der Waals surface area (Å²) < 4.78 is 5.37. The summed E-state index contributed by atoms with van der Waals surface area (Å²) in [6, 6.07) is 0. The summed E-state index contributed by atoms with van der Waals surface area (Å²) in [5.41, 5.74) is 0.547. The second-order valence-electron chi connectivity index (χ2n) is 8.51. The quantitative estimate of drug-likeness (QED) is 0.598. The largest absolute Gasteiger partial charge is 0.378 e. The molecule has 4 rings (SSSR count). The molecule has 0 radical (unpaired) electrons. The van der Waals surface area contributed by atoms with Crippen LogP contribution in [0.3, 0.4) is 0 Å². The van der Waals surface area contributed by atoms with Crippen molar-refractivity contribution >= 4 is 11.9 Å². The van der Waals surface area contributed by atoms with Gasteiger partial charge >= 0.3 is 0 Å². The molecule has 0 aromatic rings. The number of hydrogen-bond acceptors (Lipinski definition) is 3. The third-order valence-corrected chi connectivity index (χ3v) is 6.68. The first-order valence-electron chi connectivity index (χ1n) is 10.6. The van der Waals surface area contributed by atoms with Gasteiger partial charge in [-0.2, -0.15) is 0 Å². The van der Waals surface area contributed by atoms with Crippen LogP contribution in [0.5, 0.6) is 0 Å². The molecular formula is C20H34N4O2. The zero-order valence-electron chi connectivity index (χ0n) is 16.2. The van der Waals surface area contributed by atoms with Crippen LogP contribution in [-0.2, 0) is 9.53 Å². The molecule has 0 aromatic heterocycles. The van der Waals surface area contributed by atoms with E-state index in [2.05, 4.69) is 17.1 Å². The van der Waals surface area contributed by atoms with Crippen molar-refractivity contribution in [3.63, 3.8) is 0 Å². The number of ether oxygens (including phenoxy) is 1. The minimum atomic E-state index is 0.175. The Labute approximate surface area is 157 Å². The van der Waals surface area contributed by atoms with E-state index in [-0.39, 0.29) is 5.92 Å². The number of morpholine rings is 1. The lowest BCUT2D eigenvalue weighted by Gasteiger charge is -2.37. The molecule has 4 aliphatic rings. The van der Waals surface area contributed by atoms with Gasteiger partial charge in [-0.3, -0.25) is 9.79 Å². The molecule has 6 heteroatoms. The lowest BCUT2D eigenvalue weighted by atomic mass is 9.95. The number of piperidine rings is 1. The maximum absolute atomic E-state index is 12.7. The van der Waals surface area contributed by atoms with Crippen molar-refractivity contribution < 1.29 is 9.53 Å². The zero-order valence-corrected chi connectivity index (χ0v) is 16.2. The average Bonchev–Trinajstić information content (AvgIpc) is 3.59. The fourth-order valence-corrected chi connectivity index (χ4v) is 4.59. The number of hydrogen-bond donors (Lipinski definition) is 1. The summed E-state index contributed by atoms with van der Waals surface area (Å²) in [7, 11) is 0. The van der Waals surface area contributed by atoms with Crippen LogP contribution >= 0.6 is 0 Å². The molecule has 1 amide bonds. The van der Waals surface area contributed by atoms with E-state index < -0.39 is 0 Å². The number of rotatable bonds is 5. The normalized spacial score (nSPS) is 26.7.